The first-order valence-electron chi connectivity index (χ1n) is 15.3. The van der Waals surface area contributed by atoms with Gasteiger partial charge in [-0.2, -0.15) is 0 Å². The van der Waals surface area contributed by atoms with Crippen molar-refractivity contribution in [3.05, 3.63) is 80.7 Å². The molecule has 1 N–H and O–H groups in total. The number of allylic oxidation sites excluding steroid dienone is 4. The molecule has 0 saturated heterocycles. The molecular formula is C36H43ClN2O4. The van der Waals surface area contributed by atoms with Gasteiger partial charge >= 0.3 is 0 Å². The molecule has 1 amide bonds. The largest absolute Gasteiger partial charge is 0.482 e. The fourth-order valence-corrected chi connectivity index (χ4v) is 7.22. The van der Waals surface area contributed by atoms with E-state index in [9.17, 15) is 14.4 Å². The minimum Gasteiger partial charge on any atom is -0.482 e. The molecule has 43 heavy (non-hydrogen) atoms. The number of halogens is 1. The smallest absolute Gasteiger partial charge is 0.262 e. The third-order valence-electron chi connectivity index (χ3n) is 8.77. The van der Waals surface area contributed by atoms with E-state index < -0.39 is 5.92 Å². The summed E-state index contributed by atoms with van der Waals surface area (Å²) in [6.45, 7) is 15.2. The molecule has 0 radical (unpaired) electrons. The third kappa shape index (κ3) is 6.31. The van der Waals surface area contributed by atoms with Crippen molar-refractivity contribution in [2.45, 2.75) is 86.5 Å². The molecule has 1 aliphatic heterocycles. The number of carbonyl (C=O) groups is 3. The fraction of sp³-hybridized carbons (Fsp3) is 0.472. The van der Waals surface area contributed by atoms with Crippen molar-refractivity contribution >= 4 is 34.8 Å². The van der Waals surface area contributed by atoms with E-state index in [1.54, 1.807) is 12.1 Å². The number of nitrogens with zero attached hydrogens (tertiary/aromatic N) is 1. The van der Waals surface area contributed by atoms with E-state index in [1.807, 2.05) is 38.1 Å². The number of anilines is 1. The van der Waals surface area contributed by atoms with Crippen LogP contribution >= 0.6 is 11.6 Å². The maximum Gasteiger partial charge on any atom is 0.262 e. The predicted octanol–water partition coefficient (Wildman–Crippen LogP) is 8.07. The van der Waals surface area contributed by atoms with E-state index in [2.05, 4.69) is 44.8 Å². The molecule has 0 fully saturated rings. The second-order valence-electron chi connectivity index (χ2n) is 14.0. The van der Waals surface area contributed by atoms with E-state index in [0.29, 0.717) is 23.6 Å². The van der Waals surface area contributed by atoms with Gasteiger partial charge in [-0.1, -0.05) is 70.0 Å². The monoisotopic (exact) mass is 602 g/mol. The first kappa shape index (κ1) is 31.1. The predicted molar refractivity (Wildman–Crippen MR) is 171 cm³/mol. The molecule has 6 nitrogen and oxygen atoms in total. The second-order valence-corrected chi connectivity index (χ2v) is 14.4. The summed E-state index contributed by atoms with van der Waals surface area (Å²) >= 11 is 6.76. The highest BCUT2D eigenvalue weighted by Crippen LogP contribution is 2.54. The van der Waals surface area contributed by atoms with Crippen molar-refractivity contribution < 1.29 is 19.1 Å². The van der Waals surface area contributed by atoms with Crippen LogP contribution in [0.25, 0.3) is 0 Å². The number of ether oxygens (including phenoxy) is 1. The van der Waals surface area contributed by atoms with Crippen LogP contribution in [-0.4, -0.2) is 35.5 Å². The molecule has 0 aromatic heterocycles. The van der Waals surface area contributed by atoms with E-state index in [4.69, 9.17) is 16.3 Å². The summed E-state index contributed by atoms with van der Waals surface area (Å²) in [5.41, 5.74) is 6.89. The molecule has 228 valence electrons. The number of hydrogen-bond acceptors (Lipinski definition) is 5. The van der Waals surface area contributed by atoms with Crippen LogP contribution in [-0.2, 0) is 14.4 Å². The summed E-state index contributed by atoms with van der Waals surface area (Å²) in [4.78, 5) is 42.7. The molecule has 5 rings (SSSR count). The van der Waals surface area contributed by atoms with Crippen LogP contribution in [0.4, 0.5) is 5.69 Å². The normalized spacial score (nSPS) is 19.8. The molecule has 0 bridgehead atoms. The molecule has 0 unspecified atom stereocenters. The number of rotatable bonds is 7. The number of nitrogens with one attached hydrogen (secondary N) is 1. The Bertz CT molecular complexity index is 1510. The van der Waals surface area contributed by atoms with Gasteiger partial charge in [-0.25, -0.2) is 0 Å². The van der Waals surface area contributed by atoms with Crippen LogP contribution in [0.2, 0.25) is 5.02 Å². The molecule has 1 heterocycles. The van der Waals surface area contributed by atoms with Gasteiger partial charge in [0.15, 0.2) is 18.2 Å². The van der Waals surface area contributed by atoms with Crippen LogP contribution in [0.3, 0.4) is 0 Å². The summed E-state index contributed by atoms with van der Waals surface area (Å²) < 4.78 is 5.83. The highest BCUT2D eigenvalue weighted by molar-refractivity contribution is 6.32. The number of aryl methyl sites for hydroxylation is 2. The lowest BCUT2D eigenvalue weighted by Crippen LogP contribution is -2.44. The highest BCUT2D eigenvalue weighted by Gasteiger charge is 2.48. The van der Waals surface area contributed by atoms with Crippen molar-refractivity contribution in [2.24, 2.45) is 10.8 Å². The zero-order valence-corrected chi connectivity index (χ0v) is 27.2. The van der Waals surface area contributed by atoms with Gasteiger partial charge < -0.3 is 15.0 Å². The summed E-state index contributed by atoms with van der Waals surface area (Å²) in [6.07, 6.45) is 3.35. The highest BCUT2D eigenvalue weighted by atomic mass is 35.5. The number of Topliss-reactive ketones (excluding diaryl/α,β-unsaturated/α-hetero) is 2. The van der Waals surface area contributed by atoms with Gasteiger partial charge in [0, 0.05) is 53.5 Å². The lowest BCUT2D eigenvalue weighted by molar-refractivity contribution is -0.120. The van der Waals surface area contributed by atoms with Crippen LogP contribution in [0.5, 0.6) is 5.75 Å². The quantitative estimate of drug-likeness (QED) is 0.347. The van der Waals surface area contributed by atoms with E-state index >= 15 is 0 Å². The van der Waals surface area contributed by atoms with Crippen LogP contribution < -0.4 is 10.1 Å². The molecule has 3 aliphatic rings. The first-order chi connectivity index (χ1) is 20.2. The Kier molecular flexibility index (Phi) is 8.38. The molecule has 2 aliphatic carbocycles. The summed E-state index contributed by atoms with van der Waals surface area (Å²) in [6, 6.07) is 11.3. The zero-order chi connectivity index (χ0) is 31.3. The van der Waals surface area contributed by atoms with Gasteiger partial charge in [-0.3, -0.25) is 14.4 Å². The van der Waals surface area contributed by atoms with E-state index in [0.717, 1.165) is 70.7 Å². The van der Waals surface area contributed by atoms with Gasteiger partial charge in [-0.05, 0) is 73.3 Å². The standard InChI is InChI=1S/C36H43ClN2O4/c1-8-13-39-26-16-35(4,5)18-28(40)33(26)32(34-27(39)17-36(6,7)19-29(34)41)23-10-12-30(24(37)15-23)43-20-31(42)38-25-11-9-21(2)14-22(25)3/h9-12,14-15,32H,8,13,16-20H2,1-7H3,(H,38,42). The lowest BCUT2D eigenvalue weighted by Gasteiger charge is -2.49. The molecule has 0 saturated carbocycles. The van der Waals surface area contributed by atoms with Gasteiger partial charge in [0.05, 0.1) is 5.02 Å². The second kappa shape index (κ2) is 11.6. The van der Waals surface area contributed by atoms with E-state index in [-0.39, 0.29) is 34.9 Å². The average molecular weight is 603 g/mol. The van der Waals surface area contributed by atoms with Crippen molar-refractivity contribution in [3.63, 3.8) is 0 Å². The van der Waals surface area contributed by atoms with Crippen molar-refractivity contribution in [1.29, 1.82) is 0 Å². The number of hydrogen-bond donors (Lipinski definition) is 1. The van der Waals surface area contributed by atoms with Gasteiger partial charge in [0.25, 0.3) is 5.91 Å². The summed E-state index contributed by atoms with van der Waals surface area (Å²) in [5, 5.41) is 3.23. The van der Waals surface area contributed by atoms with Crippen molar-refractivity contribution in [2.75, 3.05) is 18.5 Å². The maximum atomic E-state index is 13.9. The Hall–Kier alpha value is -3.38. The molecule has 0 spiro atoms. The average Bonchev–Trinajstić information content (AvgIpc) is 2.89. The van der Waals surface area contributed by atoms with Gasteiger partial charge in [0.1, 0.15) is 5.75 Å². The third-order valence-corrected chi connectivity index (χ3v) is 9.07. The number of ketones is 2. The number of amides is 1. The van der Waals surface area contributed by atoms with Crippen molar-refractivity contribution in [3.8, 4) is 5.75 Å². The number of carbonyl (C=O) groups excluding carboxylic acids is 3. The topological polar surface area (TPSA) is 75.7 Å². The van der Waals surface area contributed by atoms with E-state index in [1.165, 1.54) is 0 Å². The van der Waals surface area contributed by atoms with Crippen LogP contribution in [0.1, 0.15) is 89.3 Å². The van der Waals surface area contributed by atoms with Crippen LogP contribution in [0.15, 0.2) is 58.9 Å². The Morgan fingerprint density at radius 1 is 0.930 bits per heavy atom. The SMILES string of the molecule is CCCN1C2=C(C(=O)CC(C)(C)C2)C(c2ccc(OCC(=O)Nc3ccc(C)cc3C)c(Cl)c2)C2=C1CC(C)(C)CC2=O. The Morgan fingerprint density at radius 3 is 2.07 bits per heavy atom. The molecule has 2 aromatic rings. The molecule has 0 atom stereocenters. The van der Waals surface area contributed by atoms with Gasteiger partial charge in [-0.15, -0.1) is 0 Å². The minimum absolute atomic E-state index is 0.0982. The zero-order valence-electron chi connectivity index (χ0n) is 26.4. The van der Waals surface area contributed by atoms with Crippen molar-refractivity contribution in [1.82, 2.24) is 4.90 Å². The fourth-order valence-electron chi connectivity index (χ4n) is 6.97. The van der Waals surface area contributed by atoms with Gasteiger partial charge in [0.2, 0.25) is 0 Å². The first-order valence-corrected chi connectivity index (χ1v) is 15.7. The molecular weight excluding hydrogens is 560 g/mol. The Morgan fingerprint density at radius 2 is 1.53 bits per heavy atom. The minimum atomic E-state index is -0.468. The molecule has 2 aromatic carbocycles. The Balaban J connectivity index is 1.48. The Labute approximate surface area is 260 Å². The summed E-state index contributed by atoms with van der Waals surface area (Å²) in [5.74, 6) is -0.183. The maximum absolute atomic E-state index is 13.9. The summed E-state index contributed by atoms with van der Waals surface area (Å²) in [7, 11) is 0. The van der Waals surface area contributed by atoms with Crippen LogP contribution in [0, 0.1) is 24.7 Å². The lowest BCUT2D eigenvalue weighted by atomic mass is 9.63. The number of benzene rings is 2. The molecule has 7 heteroatoms.